The van der Waals surface area contributed by atoms with Gasteiger partial charge in [-0.1, -0.05) is 23.7 Å². The van der Waals surface area contributed by atoms with Crippen molar-refractivity contribution in [2.75, 3.05) is 26.2 Å². The maximum atomic E-state index is 13.1. The smallest absolute Gasteiger partial charge is 0.276 e. The lowest BCUT2D eigenvalue weighted by Gasteiger charge is -2.14. The molecule has 164 valence electrons. The molecular weight excluding hydrogens is 414 g/mol. The van der Waals surface area contributed by atoms with Crippen LogP contribution in [0.4, 0.5) is 0 Å². The molecule has 1 N–H and O–H groups in total. The van der Waals surface area contributed by atoms with Gasteiger partial charge in [0.05, 0.1) is 11.6 Å². The van der Waals surface area contributed by atoms with Crippen LogP contribution >= 0.6 is 11.6 Å². The highest BCUT2D eigenvalue weighted by atomic mass is 35.5. The molecule has 0 spiro atoms. The fourth-order valence-corrected chi connectivity index (χ4v) is 4.44. The number of halogens is 1. The second-order valence-electron chi connectivity index (χ2n) is 8.18. The van der Waals surface area contributed by atoms with E-state index in [1.54, 1.807) is 6.20 Å². The first kappa shape index (κ1) is 21.6. The van der Waals surface area contributed by atoms with Crippen LogP contribution in [0, 0.1) is 13.8 Å². The highest BCUT2D eigenvalue weighted by molar-refractivity contribution is 6.30. The van der Waals surface area contributed by atoms with Crippen molar-refractivity contribution in [2.24, 2.45) is 0 Å². The summed E-state index contributed by atoms with van der Waals surface area (Å²) in [5.74, 6) is -0.192. The molecule has 4 rings (SSSR count). The van der Waals surface area contributed by atoms with Crippen molar-refractivity contribution in [3.63, 3.8) is 0 Å². The number of hydrogen-bond donors (Lipinski definition) is 1. The number of nitrogens with one attached hydrogen (secondary N) is 1. The Morgan fingerprint density at radius 3 is 2.55 bits per heavy atom. The average Bonchev–Trinajstić information content (AvgIpc) is 3.34. The van der Waals surface area contributed by atoms with Gasteiger partial charge in [-0.15, -0.1) is 0 Å². The van der Waals surface area contributed by atoms with E-state index in [4.69, 9.17) is 11.6 Å². The molecule has 1 aromatic carbocycles. The fourth-order valence-electron chi connectivity index (χ4n) is 4.32. The quantitative estimate of drug-likeness (QED) is 0.612. The molecule has 1 fully saturated rings. The van der Waals surface area contributed by atoms with Gasteiger partial charge in [-0.2, -0.15) is 5.10 Å². The van der Waals surface area contributed by atoms with E-state index in [9.17, 15) is 9.59 Å². The Kier molecular flexibility index (Phi) is 6.43. The van der Waals surface area contributed by atoms with Crippen LogP contribution in [0.5, 0.6) is 0 Å². The zero-order chi connectivity index (χ0) is 22.0. The van der Waals surface area contributed by atoms with Gasteiger partial charge in [-0.05, 0) is 57.5 Å². The van der Waals surface area contributed by atoms with Crippen molar-refractivity contribution in [3.05, 3.63) is 62.8 Å². The molecule has 0 unspecified atom stereocenters. The Bertz CT molecular complexity index is 1140. The summed E-state index contributed by atoms with van der Waals surface area (Å²) in [6.45, 7) is 8.12. The van der Waals surface area contributed by atoms with E-state index in [0.717, 1.165) is 42.0 Å². The Labute approximate surface area is 186 Å². The highest BCUT2D eigenvalue weighted by Gasteiger charge is 2.18. The second-order valence-corrected chi connectivity index (χ2v) is 8.61. The predicted octanol–water partition coefficient (Wildman–Crippen LogP) is 2.73. The second kappa shape index (κ2) is 9.24. The Hall–Kier alpha value is -2.64. The molecule has 1 aliphatic heterocycles. The number of rotatable bonds is 7. The van der Waals surface area contributed by atoms with E-state index in [1.165, 1.54) is 17.5 Å². The van der Waals surface area contributed by atoms with Crippen LogP contribution < -0.4 is 10.9 Å². The first-order valence-corrected chi connectivity index (χ1v) is 11.1. The van der Waals surface area contributed by atoms with E-state index < -0.39 is 0 Å². The number of amides is 1. The minimum absolute atomic E-state index is 0.0738. The summed E-state index contributed by atoms with van der Waals surface area (Å²) < 4.78 is 3.37. The molecule has 2 aromatic heterocycles. The Morgan fingerprint density at radius 1 is 1.13 bits per heavy atom. The van der Waals surface area contributed by atoms with Gasteiger partial charge < -0.3 is 14.8 Å². The summed E-state index contributed by atoms with van der Waals surface area (Å²) in [7, 11) is 0. The fraction of sp³-hybridized carbons (Fsp3) is 0.435. The Morgan fingerprint density at radius 2 is 1.84 bits per heavy atom. The number of fused-ring (bicyclic) bond motifs is 1. The van der Waals surface area contributed by atoms with Crippen molar-refractivity contribution >= 4 is 28.3 Å². The van der Waals surface area contributed by atoms with Gasteiger partial charge >= 0.3 is 0 Å². The maximum absolute atomic E-state index is 13.1. The lowest BCUT2D eigenvalue weighted by molar-refractivity contribution is -0.121. The SMILES string of the molecule is Cc1c2cnn(CC(=O)NCCN3CCCC3)c(=O)c2c(C)n1Cc1ccc(Cl)cc1. The van der Waals surface area contributed by atoms with E-state index in [2.05, 4.69) is 19.9 Å². The summed E-state index contributed by atoms with van der Waals surface area (Å²) in [5.41, 5.74) is 2.72. The van der Waals surface area contributed by atoms with Crippen molar-refractivity contribution in [1.29, 1.82) is 0 Å². The minimum Gasteiger partial charge on any atom is -0.353 e. The van der Waals surface area contributed by atoms with Crippen molar-refractivity contribution in [1.82, 2.24) is 24.6 Å². The van der Waals surface area contributed by atoms with Gasteiger partial charge in [-0.25, -0.2) is 4.68 Å². The molecule has 0 aliphatic carbocycles. The molecule has 0 saturated carbocycles. The van der Waals surface area contributed by atoms with Crippen LogP contribution in [0.2, 0.25) is 5.02 Å². The Balaban J connectivity index is 1.51. The largest absolute Gasteiger partial charge is 0.353 e. The molecular formula is C23H28ClN5O2. The van der Waals surface area contributed by atoms with Crippen molar-refractivity contribution in [2.45, 2.75) is 39.8 Å². The molecule has 7 nitrogen and oxygen atoms in total. The number of likely N-dealkylation sites (tertiary alicyclic amines) is 1. The molecule has 0 radical (unpaired) electrons. The van der Waals surface area contributed by atoms with Crippen LogP contribution in [0.1, 0.15) is 29.8 Å². The van der Waals surface area contributed by atoms with Gasteiger partial charge in [0.2, 0.25) is 5.91 Å². The number of benzene rings is 1. The number of carbonyl (C=O) groups is 1. The zero-order valence-corrected chi connectivity index (χ0v) is 18.8. The number of aromatic nitrogens is 3. The van der Waals surface area contributed by atoms with E-state index in [0.29, 0.717) is 23.5 Å². The van der Waals surface area contributed by atoms with Crippen LogP contribution in [0.25, 0.3) is 10.8 Å². The first-order chi connectivity index (χ1) is 14.9. The molecule has 3 aromatic rings. The van der Waals surface area contributed by atoms with Crippen molar-refractivity contribution < 1.29 is 4.79 Å². The summed E-state index contributed by atoms with van der Waals surface area (Å²) in [6, 6.07) is 7.69. The molecule has 1 amide bonds. The zero-order valence-electron chi connectivity index (χ0n) is 18.0. The molecule has 8 heteroatoms. The molecule has 0 bridgehead atoms. The minimum atomic E-state index is -0.234. The molecule has 1 saturated heterocycles. The number of nitrogens with zero attached hydrogens (tertiary/aromatic N) is 4. The van der Waals surface area contributed by atoms with Gasteiger partial charge in [0.1, 0.15) is 6.54 Å². The monoisotopic (exact) mass is 441 g/mol. The third-order valence-electron chi connectivity index (χ3n) is 6.10. The number of carbonyl (C=O) groups excluding carboxylic acids is 1. The third kappa shape index (κ3) is 4.67. The average molecular weight is 442 g/mol. The van der Waals surface area contributed by atoms with Gasteiger partial charge in [0, 0.05) is 41.4 Å². The number of aryl methyl sites for hydroxylation is 2. The lowest BCUT2D eigenvalue weighted by atomic mass is 10.2. The summed E-state index contributed by atoms with van der Waals surface area (Å²) in [4.78, 5) is 27.8. The summed E-state index contributed by atoms with van der Waals surface area (Å²) >= 11 is 5.99. The third-order valence-corrected chi connectivity index (χ3v) is 6.35. The van der Waals surface area contributed by atoms with Crippen LogP contribution in [0.3, 0.4) is 0 Å². The molecule has 0 atom stereocenters. The van der Waals surface area contributed by atoms with Gasteiger partial charge in [0.15, 0.2) is 0 Å². The summed E-state index contributed by atoms with van der Waals surface area (Å²) in [5, 5.41) is 9.31. The van der Waals surface area contributed by atoms with E-state index in [1.807, 2.05) is 38.1 Å². The van der Waals surface area contributed by atoms with Gasteiger partial charge in [0.25, 0.3) is 5.56 Å². The topological polar surface area (TPSA) is 72.2 Å². The van der Waals surface area contributed by atoms with Crippen molar-refractivity contribution in [3.8, 4) is 0 Å². The first-order valence-electron chi connectivity index (χ1n) is 10.7. The highest BCUT2D eigenvalue weighted by Crippen LogP contribution is 2.23. The van der Waals surface area contributed by atoms with Gasteiger partial charge in [-0.3, -0.25) is 9.59 Å². The molecule has 3 heterocycles. The summed E-state index contributed by atoms with van der Waals surface area (Å²) in [6.07, 6.45) is 4.14. The van der Waals surface area contributed by atoms with Crippen LogP contribution in [0.15, 0.2) is 35.3 Å². The van der Waals surface area contributed by atoms with E-state index >= 15 is 0 Å². The predicted molar refractivity (Wildman–Crippen MR) is 123 cm³/mol. The molecule has 31 heavy (non-hydrogen) atoms. The van der Waals surface area contributed by atoms with E-state index in [-0.39, 0.29) is 18.0 Å². The maximum Gasteiger partial charge on any atom is 0.276 e. The van der Waals surface area contributed by atoms with Crippen LogP contribution in [-0.2, 0) is 17.9 Å². The standard InChI is InChI=1S/C23H28ClN5O2/c1-16-20-13-26-29(15-21(30)25-9-12-27-10-3-4-11-27)23(31)22(20)17(2)28(16)14-18-5-7-19(24)8-6-18/h5-8,13H,3-4,9-12,14-15H2,1-2H3,(H,25,30). The lowest BCUT2D eigenvalue weighted by Crippen LogP contribution is -2.37. The molecule has 1 aliphatic rings. The van der Waals surface area contributed by atoms with Crippen LogP contribution in [-0.4, -0.2) is 51.3 Å². The number of hydrogen-bond acceptors (Lipinski definition) is 4. The normalized spacial score (nSPS) is 14.4.